The molecule has 1 amide bonds. The summed E-state index contributed by atoms with van der Waals surface area (Å²) in [6.45, 7) is 3.45. The summed E-state index contributed by atoms with van der Waals surface area (Å²) in [6.07, 6.45) is 2.72. The molecule has 0 aliphatic rings. The van der Waals surface area contributed by atoms with Crippen LogP contribution in [0, 0.1) is 0 Å². The lowest BCUT2D eigenvalue weighted by Crippen LogP contribution is -2.22. The monoisotopic (exact) mass is 177 g/mol. The summed E-state index contributed by atoms with van der Waals surface area (Å²) >= 11 is 0. The SMILES string of the molecule is CCCCOCCC(=O)N(C)C.[HH].[HH]. The van der Waals surface area contributed by atoms with Gasteiger partial charge in [0.2, 0.25) is 5.91 Å². The zero-order valence-electron chi connectivity index (χ0n) is 8.30. The maximum absolute atomic E-state index is 11.0. The molecule has 0 bridgehead atoms. The van der Waals surface area contributed by atoms with Gasteiger partial charge in [-0.15, -0.1) is 0 Å². The average Bonchev–Trinajstić information content (AvgIpc) is 2.03. The number of amides is 1. The molecule has 0 radical (unpaired) electrons. The first-order chi connectivity index (χ1) is 5.68. The zero-order valence-corrected chi connectivity index (χ0v) is 8.30. The zero-order chi connectivity index (χ0) is 9.40. The van der Waals surface area contributed by atoms with Crippen LogP contribution in [0.1, 0.15) is 29.0 Å². The molecule has 0 aromatic rings. The minimum absolute atomic E-state index is 0. The third-order valence-corrected chi connectivity index (χ3v) is 1.60. The Kier molecular flexibility index (Phi) is 6.76. The molecular weight excluding hydrogens is 154 g/mol. The van der Waals surface area contributed by atoms with E-state index in [0.29, 0.717) is 13.0 Å². The predicted octanol–water partition coefficient (Wildman–Crippen LogP) is 1.77. The maximum atomic E-state index is 11.0. The summed E-state index contributed by atoms with van der Waals surface area (Å²) in [7, 11) is 3.52. The van der Waals surface area contributed by atoms with Crippen LogP contribution in [-0.4, -0.2) is 38.1 Å². The van der Waals surface area contributed by atoms with Crippen molar-refractivity contribution in [3.05, 3.63) is 0 Å². The van der Waals surface area contributed by atoms with E-state index >= 15 is 0 Å². The van der Waals surface area contributed by atoms with E-state index in [1.165, 1.54) is 0 Å². The van der Waals surface area contributed by atoms with Crippen molar-refractivity contribution in [3.8, 4) is 0 Å². The Hall–Kier alpha value is -0.570. The van der Waals surface area contributed by atoms with Crippen molar-refractivity contribution in [3.63, 3.8) is 0 Å². The van der Waals surface area contributed by atoms with Gasteiger partial charge < -0.3 is 9.64 Å². The first-order valence-electron chi connectivity index (χ1n) is 4.46. The van der Waals surface area contributed by atoms with Crippen LogP contribution in [0.4, 0.5) is 0 Å². The van der Waals surface area contributed by atoms with Gasteiger partial charge in [0.1, 0.15) is 0 Å². The number of hydrogen-bond donors (Lipinski definition) is 0. The quantitative estimate of drug-likeness (QED) is 0.579. The molecule has 0 aliphatic carbocycles. The van der Waals surface area contributed by atoms with Crippen molar-refractivity contribution in [2.45, 2.75) is 26.2 Å². The normalized spacial score (nSPS) is 9.92. The van der Waals surface area contributed by atoms with E-state index in [1.54, 1.807) is 19.0 Å². The summed E-state index contributed by atoms with van der Waals surface area (Å²) in [5.41, 5.74) is 0. The van der Waals surface area contributed by atoms with Gasteiger partial charge >= 0.3 is 0 Å². The lowest BCUT2D eigenvalue weighted by Gasteiger charge is -2.09. The minimum atomic E-state index is 0. The van der Waals surface area contributed by atoms with Gasteiger partial charge in [-0.2, -0.15) is 0 Å². The van der Waals surface area contributed by atoms with Crippen LogP contribution in [0.25, 0.3) is 0 Å². The van der Waals surface area contributed by atoms with Crippen LogP contribution in [-0.2, 0) is 9.53 Å². The Labute approximate surface area is 77.7 Å². The number of unbranched alkanes of at least 4 members (excludes halogenated alkanes) is 1. The fraction of sp³-hybridized carbons (Fsp3) is 0.889. The molecule has 0 spiro atoms. The fourth-order valence-corrected chi connectivity index (χ4v) is 0.732. The largest absolute Gasteiger partial charge is 0.381 e. The topological polar surface area (TPSA) is 29.5 Å². The van der Waals surface area contributed by atoms with E-state index in [4.69, 9.17) is 4.74 Å². The summed E-state index contributed by atoms with van der Waals surface area (Å²) in [5.74, 6) is 0.131. The van der Waals surface area contributed by atoms with Crippen LogP contribution < -0.4 is 0 Å². The number of carbonyl (C=O) groups is 1. The highest BCUT2D eigenvalue weighted by Gasteiger charge is 2.01. The second-order valence-electron chi connectivity index (χ2n) is 3.00. The number of ether oxygens (including phenoxy) is 1. The van der Waals surface area contributed by atoms with Crippen LogP contribution in [0.5, 0.6) is 0 Å². The number of nitrogens with zero attached hydrogens (tertiary/aromatic N) is 1. The molecule has 0 atom stereocenters. The molecule has 3 nitrogen and oxygen atoms in total. The number of rotatable bonds is 6. The molecule has 12 heavy (non-hydrogen) atoms. The van der Waals surface area contributed by atoms with E-state index in [-0.39, 0.29) is 8.76 Å². The lowest BCUT2D eigenvalue weighted by atomic mass is 10.3. The molecule has 0 rings (SSSR count). The standard InChI is InChI=1S/C9H19NO2.2H2/c1-4-5-7-12-8-6-9(11)10(2)3;;/h4-8H2,1-3H3;2*1H. The summed E-state index contributed by atoms with van der Waals surface area (Å²) in [5, 5.41) is 0. The Bertz CT molecular complexity index is 132. The summed E-state index contributed by atoms with van der Waals surface area (Å²) < 4.78 is 5.25. The van der Waals surface area contributed by atoms with E-state index in [2.05, 4.69) is 6.92 Å². The van der Waals surface area contributed by atoms with E-state index in [0.717, 1.165) is 19.4 Å². The molecule has 0 aliphatic heterocycles. The molecule has 0 saturated heterocycles. The Morgan fingerprint density at radius 1 is 1.42 bits per heavy atom. The first-order valence-corrected chi connectivity index (χ1v) is 4.46. The van der Waals surface area contributed by atoms with Crippen molar-refractivity contribution >= 4 is 5.91 Å². The number of carbonyl (C=O) groups excluding carboxylic acids is 1. The van der Waals surface area contributed by atoms with Crippen molar-refractivity contribution in [2.24, 2.45) is 0 Å². The van der Waals surface area contributed by atoms with Crippen LogP contribution >= 0.6 is 0 Å². The average molecular weight is 177 g/mol. The molecule has 0 heterocycles. The smallest absolute Gasteiger partial charge is 0.224 e. The van der Waals surface area contributed by atoms with Crippen molar-refractivity contribution < 1.29 is 12.4 Å². The van der Waals surface area contributed by atoms with Gasteiger partial charge in [0.15, 0.2) is 0 Å². The molecule has 0 aromatic heterocycles. The summed E-state index contributed by atoms with van der Waals surface area (Å²) in [6, 6.07) is 0. The van der Waals surface area contributed by atoms with Gasteiger partial charge in [-0.1, -0.05) is 13.3 Å². The Balaban J connectivity index is -0.000000605. The van der Waals surface area contributed by atoms with Gasteiger partial charge in [-0.3, -0.25) is 4.79 Å². The highest BCUT2D eigenvalue weighted by Crippen LogP contribution is 1.91. The van der Waals surface area contributed by atoms with E-state index in [9.17, 15) is 4.79 Å². The van der Waals surface area contributed by atoms with Gasteiger partial charge in [-0.25, -0.2) is 0 Å². The molecule has 0 aromatic carbocycles. The Morgan fingerprint density at radius 3 is 2.58 bits per heavy atom. The molecule has 3 heteroatoms. The second-order valence-corrected chi connectivity index (χ2v) is 3.00. The number of hydrogen-bond acceptors (Lipinski definition) is 2. The fourth-order valence-electron chi connectivity index (χ4n) is 0.732. The third kappa shape index (κ3) is 6.16. The second kappa shape index (κ2) is 7.10. The van der Waals surface area contributed by atoms with Gasteiger partial charge in [0.25, 0.3) is 0 Å². The molecule has 76 valence electrons. The minimum Gasteiger partial charge on any atom is -0.381 e. The van der Waals surface area contributed by atoms with Gasteiger partial charge in [0.05, 0.1) is 13.0 Å². The van der Waals surface area contributed by atoms with Crippen molar-refractivity contribution in [1.82, 2.24) is 4.90 Å². The lowest BCUT2D eigenvalue weighted by molar-refractivity contribution is -0.129. The third-order valence-electron chi connectivity index (χ3n) is 1.60. The highest BCUT2D eigenvalue weighted by molar-refractivity contribution is 5.75. The van der Waals surface area contributed by atoms with Gasteiger partial charge in [-0.05, 0) is 6.42 Å². The van der Waals surface area contributed by atoms with E-state index < -0.39 is 0 Å². The molecule has 0 saturated carbocycles. The van der Waals surface area contributed by atoms with E-state index in [1.807, 2.05) is 0 Å². The Morgan fingerprint density at radius 2 is 2.08 bits per heavy atom. The van der Waals surface area contributed by atoms with Gasteiger partial charge in [0, 0.05) is 23.6 Å². The molecule has 0 fully saturated rings. The molecule has 0 N–H and O–H groups in total. The highest BCUT2D eigenvalue weighted by atomic mass is 16.5. The van der Waals surface area contributed by atoms with Crippen LogP contribution in [0.15, 0.2) is 0 Å². The van der Waals surface area contributed by atoms with Crippen molar-refractivity contribution in [1.29, 1.82) is 0 Å². The van der Waals surface area contributed by atoms with Crippen molar-refractivity contribution in [2.75, 3.05) is 27.3 Å². The maximum Gasteiger partial charge on any atom is 0.224 e. The molecular formula is C9H23NO2. The molecule has 0 unspecified atom stereocenters. The van der Waals surface area contributed by atoms with Crippen LogP contribution in [0.3, 0.4) is 0 Å². The first kappa shape index (κ1) is 11.4. The van der Waals surface area contributed by atoms with Crippen LogP contribution in [0.2, 0.25) is 0 Å². The predicted molar refractivity (Wildman–Crippen MR) is 53.3 cm³/mol. The summed E-state index contributed by atoms with van der Waals surface area (Å²) in [4.78, 5) is 12.6.